The highest BCUT2D eigenvalue weighted by molar-refractivity contribution is 5.94. The average Bonchev–Trinajstić information content (AvgIpc) is 2.73. The Balaban J connectivity index is 1.18. The van der Waals surface area contributed by atoms with E-state index in [4.69, 9.17) is 9.47 Å². The maximum Gasteiger partial charge on any atom is 0.251 e. The Morgan fingerprint density at radius 1 is 0.931 bits per heavy atom. The van der Waals surface area contributed by atoms with Gasteiger partial charge in [0.05, 0.1) is 19.3 Å². The summed E-state index contributed by atoms with van der Waals surface area (Å²) in [6.07, 6.45) is 2.01. The molecule has 0 radical (unpaired) electrons. The van der Waals surface area contributed by atoms with Crippen LogP contribution in [-0.2, 0) is 9.53 Å². The first kappa shape index (κ1) is 20.9. The number of carbonyl (C=O) groups is 2. The summed E-state index contributed by atoms with van der Waals surface area (Å²) in [4.78, 5) is 25.9. The molecule has 2 aromatic carbocycles. The van der Waals surface area contributed by atoms with Crippen LogP contribution < -0.4 is 10.1 Å². The number of amides is 2. The highest BCUT2D eigenvalue weighted by atomic mass is 16.5. The van der Waals surface area contributed by atoms with Gasteiger partial charge in [0.2, 0.25) is 5.91 Å². The highest BCUT2D eigenvalue weighted by Crippen LogP contribution is 2.14. The SMILES string of the molecule is O=C(NCCCC(=O)N1CC(OCCCOc2ccccc2)C1)c1ccccc1. The van der Waals surface area contributed by atoms with Crippen molar-refractivity contribution in [2.75, 3.05) is 32.8 Å². The van der Waals surface area contributed by atoms with Gasteiger partial charge in [0, 0.05) is 38.0 Å². The van der Waals surface area contributed by atoms with Crippen LogP contribution in [0.5, 0.6) is 5.75 Å². The molecule has 6 nitrogen and oxygen atoms in total. The number of likely N-dealkylation sites (tertiary alicyclic amines) is 1. The monoisotopic (exact) mass is 396 g/mol. The normalized spacial score (nSPS) is 13.6. The molecule has 29 heavy (non-hydrogen) atoms. The minimum Gasteiger partial charge on any atom is -0.494 e. The van der Waals surface area contributed by atoms with Crippen LogP contribution in [-0.4, -0.2) is 55.7 Å². The fourth-order valence-corrected chi connectivity index (χ4v) is 3.05. The first-order valence-corrected chi connectivity index (χ1v) is 10.1. The van der Waals surface area contributed by atoms with Gasteiger partial charge in [0.15, 0.2) is 0 Å². The Hall–Kier alpha value is -2.86. The number of ether oxygens (including phenoxy) is 2. The van der Waals surface area contributed by atoms with Crippen molar-refractivity contribution >= 4 is 11.8 Å². The van der Waals surface area contributed by atoms with Crippen molar-refractivity contribution < 1.29 is 19.1 Å². The lowest BCUT2D eigenvalue weighted by atomic mass is 10.1. The number of carbonyl (C=O) groups excluding carboxylic acids is 2. The van der Waals surface area contributed by atoms with Crippen LogP contribution in [0.25, 0.3) is 0 Å². The number of hydrogen-bond acceptors (Lipinski definition) is 4. The molecule has 0 atom stereocenters. The molecule has 6 heteroatoms. The van der Waals surface area contributed by atoms with Crippen molar-refractivity contribution in [3.63, 3.8) is 0 Å². The molecule has 0 spiro atoms. The van der Waals surface area contributed by atoms with E-state index in [9.17, 15) is 9.59 Å². The zero-order valence-electron chi connectivity index (χ0n) is 16.6. The number of benzene rings is 2. The second kappa shape index (κ2) is 11.2. The average molecular weight is 396 g/mol. The third-order valence-electron chi connectivity index (χ3n) is 4.74. The Morgan fingerprint density at radius 3 is 2.34 bits per heavy atom. The molecule has 2 amide bonds. The summed E-state index contributed by atoms with van der Waals surface area (Å²) in [5.41, 5.74) is 0.635. The van der Waals surface area contributed by atoms with Crippen LogP contribution in [0, 0.1) is 0 Å². The first-order chi connectivity index (χ1) is 14.2. The van der Waals surface area contributed by atoms with E-state index in [0.29, 0.717) is 51.3 Å². The first-order valence-electron chi connectivity index (χ1n) is 10.1. The zero-order valence-corrected chi connectivity index (χ0v) is 16.6. The van der Waals surface area contributed by atoms with Gasteiger partial charge < -0.3 is 19.7 Å². The highest BCUT2D eigenvalue weighted by Gasteiger charge is 2.30. The van der Waals surface area contributed by atoms with Gasteiger partial charge in [-0.25, -0.2) is 0 Å². The quantitative estimate of drug-likeness (QED) is 0.593. The van der Waals surface area contributed by atoms with E-state index in [-0.39, 0.29) is 17.9 Å². The molecule has 154 valence electrons. The predicted octanol–water partition coefficient (Wildman–Crippen LogP) is 2.89. The number of para-hydroxylation sites is 1. The molecule has 0 aromatic heterocycles. The molecular formula is C23H28N2O4. The lowest BCUT2D eigenvalue weighted by Gasteiger charge is -2.39. The molecule has 0 saturated carbocycles. The minimum atomic E-state index is -0.105. The van der Waals surface area contributed by atoms with E-state index in [1.54, 1.807) is 12.1 Å². The summed E-state index contributed by atoms with van der Waals surface area (Å²) < 4.78 is 11.4. The summed E-state index contributed by atoms with van der Waals surface area (Å²) in [6, 6.07) is 18.8. The maximum atomic E-state index is 12.2. The molecule has 1 fully saturated rings. The molecule has 1 aliphatic rings. The second-order valence-corrected chi connectivity index (χ2v) is 7.03. The van der Waals surface area contributed by atoms with Crippen LogP contribution in [0.4, 0.5) is 0 Å². The van der Waals surface area contributed by atoms with E-state index in [1.165, 1.54) is 0 Å². The van der Waals surface area contributed by atoms with Crippen LogP contribution >= 0.6 is 0 Å². The smallest absolute Gasteiger partial charge is 0.251 e. The van der Waals surface area contributed by atoms with Gasteiger partial charge in [0.25, 0.3) is 5.91 Å². The van der Waals surface area contributed by atoms with Gasteiger partial charge in [-0.3, -0.25) is 9.59 Å². The summed E-state index contributed by atoms with van der Waals surface area (Å²) in [5, 5.41) is 2.84. The van der Waals surface area contributed by atoms with Gasteiger partial charge >= 0.3 is 0 Å². The Labute approximate surface area is 171 Å². The fourth-order valence-electron chi connectivity index (χ4n) is 3.05. The summed E-state index contributed by atoms with van der Waals surface area (Å²) >= 11 is 0. The molecule has 1 saturated heterocycles. The molecule has 2 aromatic rings. The number of rotatable bonds is 11. The molecule has 3 rings (SSSR count). The van der Waals surface area contributed by atoms with Crippen molar-refractivity contribution in [2.45, 2.75) is 25.4 Å². The standard InChI is InChI=1S/C23H28N2O4/c26-22(13-7-14-24-23(27)19-9-3-1-4-10-19)25-17-21(18-25)29-16-8-15-28-20-11-5-2-6-12-20/h1-6,9-12,21H,7-8,13-18H2,(H,24,27). The van der Waals surface area contributed by atoms with Crippen LogP contribution in [0.3, 0.4) is 0 Å². The largest absolute Gasteiger partial charge is 0.494 e. The van der Waals surface area contributed by atoms with Crippen molar-refractivity contribution in [1.82, 2.24) is 10.2 Å². The fraction of sp³-hybridized carbons (Fsp3) is 0.391. The van der Waals surface area contributed by atoms with E-state index >= 15 is 0 Å². The van der Waals surface area contributed by atoms with Crippen molar-refractivity contribution in [3.8, 4) is 5.75 Å². The van der Waals surface area contributed by atoms with Crippen LogP contribution in [0.15, 0.2) is 60.7 Å². The third kappa shape index (κ3) is 6.91. The van der Waals surface area contributed by atoms with Gasteiger partial charge in [-0.05, 0) is 30.7 Å². The van der Waals surface area contributed by atoms with E-state index in [0.717, 1.165) is 12.2 Å². The van der Waals surface area contributed by atoms with Crippen LogP contribution in [0.2, 0.25) is 0 Å². The predicted molar refractivity (Wildman–Crippen MR) is 111 cm³/mol. The van der Waals surface area contributed by atoms with E-state index in [2.05, 4.69) is 5.32 Å². The molecule has 0 aliphatic carbocycles. The van der Waals surface area contributed by atoms with Crippen molar-refractivity contribution in [1.29, 1.82) is 0 Å². The lowest BCUT2D eigenvalue weighted by Crippen LogP contribution is -2.54. The zero-order chi connectivity index (χ0) is 20.3. The van der Waals surface area contributed by atoms with E-state index in [1.807, 2.05) is 53.4 Å². The Bertz CT molecular complexity index is 761. The second-order valence-electron chi connectivity index (χ2n) is 7.03. The molecule has 0 unspecified atom stereocenters. The van der Waals surface area contributed by atoms with Crippen molar-refractivity contribution in [3.05, 3.63) is 66.2 Å². The van der Waals surface area contributed by atoms with Gasteiger partial charge in [-0.2, -0.15) is 0 Å². The van der Waals surface area contributed by atoms with Gasteiger partial charge in [-0.15, -0.1) is 0 Å². The minimum absolute atomic E-state index is 0.105. The van der Waals surface area contributed by atoms with Gasteiger partial charge in [0.1, 0.15) is 5.75 Å². The summed E-state index contributed by atoms with van der Waals surface area (Å²) in [5.74, 6) is 0.880. The number of hydrogen-bond donors (Lipinski definition) is 1. The lowest BCUT2D eigenvalue weighted by molar-refractivity contribution is -0.145. The molecule has 1 N–H and O–H groups in total. The number of nitrogens with one attached hydrogen (secondary N) is 1. The summed E-state index contributed by atoms with van der Waals surface area (Å²) in [6.45, 7) is 3.04. The molecule has 0 bridgehead atoms. The number of nitrogens with zero attached hydrogens (tertiary/aromatic N) is 1. The summed E-state index contributed by atoms with van der Waals surface area (Å²) in [7, 11) is 0. The third-order valence-corrected chi connectivity index (χ3v) is 4.74. The maximum absolute atomic E-state index is 12.2. The Morgan fingerprint density at radius 2 is 1.62 bits per heavy atom. The topological polar surface area (TPSA) is 67.9 Å². The molecular weight excluding hydrogens is 368 g/mol. The van der Waals surface area contributed by atoms with Crippen LogP contribution in [0.1, 0.15) is 29.6 Å². The van der Waals surface area contributed by atoms with E-state index < -0.39 is 0 Å². The Kier molecular flexibility index (Phi) is 8.07. The molecule has 1 heterocycles. The van der Waals surface area contributed by atoms with Gasteiger partial charge in [-0.1, -0.05) is 36.4 Å². The van der Waals surface area contributed by atoms with Crippen molar-refractivity contribution in [2.24, 2.45) is 0 Å². The molecule has 1 aliphatic heterocycles.